The molecule has 2 N–H and O–H groups in total. The summed E-state index contributed by atoms with van der Waals surface area (Å²) in [5, 5.41) is 0. The van der Waals surface area contributed by atoms with Gasteiger partial charge in [0.1, 0.15) is 0 Å². The molecule has 1 saturated carbocycles. The second-order valence-corrected chi connectivity index (χ2v) is 4.05. The number of hydrogen-bond acceptors (Lipinski definition) is 2. The molecule has 2 nitrogen and oxygen atoms in total. The Balaban J connectivity index is 1.99. The van der Waals surface area contributed by atoms with Gasteiger partial charge in [-0.15, -0.1) is 0 Å². The minimum absolute atomic E-state index is 0.259. The van der Waals surface area contributed by atoms with Gasteiger partial charge in [-0.2, -0.15) is 0 Å². The van der Waals surface area contributed by atoms with Crippen molar-refractivity contribution < 1.29 is 4.79 Å². The first-order chi connectivity index (χ1) is 6.75. The number of carbonyl (C=O) groups is 1. The molecule has 14 heavy (non-hydrogen) atoms. The number of benzene rings is 1. The van der Waals surface area contributed by atoms with E-state index in [0.717, 1.165) is 5.56 Å². The van der Waals surface area contributed by atoms with Crippen LogP contribution in [0.5, 0.6) is 0 Å². The first-order valence-corrected chi connectivity index (χ1v) is 5.14. The molecule has 1 aliphatic rings. The molecule has 0 aromatic heterocycles. The Morgan fingerprint density at radius 2 is 1.93 bits per heavy atom. The van der Waals surface area contributed by atoms with Gasteiger partial charge in [0.15, 0.2) is 5.78 Å². The molecular weight excluding hydrogens is 174 g/mol. The van der Waals surface area contributed by atoms with Crippen molar-refractivity contribution >= 4 is 11.5 Å². The molecule has 0 saturated heterocycles. The molecule has 1 aromatic carbocycles. The standard InChI is InChI=1S/C12H15NO/c13-11-6-4-10(5-7-11)12(14)8-9-2-1-3-9/h4-7,9H,1-3,8,13H2. The summed E-state index contributed by atoms with van der Waals surface area (Å²) in [4.78, 5) is 11.7. The lowest BCUT2D eigenvalue weighted by molar-refractivity contribution is 0.0936. The third kappa shape index (κ3) is 1.95. The zero-order chi connectivity index (χ0) is 9.97. The van der Waals surface area contributed by atoms with Gasteiger partial charge >= 0.3 is 0 Å². The van der Waals surface area contributed by atoms with Crippen molar-refractivity contribution in [3.63, 3.8) is 0 Å². The molecule has 1 fully saturated rings. The summed E-state index contributed by atoms with van der Waals surface area (Å²) in [6.45, 7) is 0. The number of hydrogen-bond donors (Lipinski definition) is 1. The minimum atomic E-state index is 0.259. The summed E-state index contributed by atoms with van der Waals surface area (Å²) in [5.41, 5.74) is 7.06. The van der Waals surface area contributed by atoms with Crippen LogP contribution in [-0.4, -0.2) is 5.78 Å². The molecule has 2 rings (SSSR count). The van der Waals surface area contributed by atoms with E-state index in [-0.39, 0.29) is 5.78 Å². The zero-order valence-electron chi connectivity index (χ0n) is 8.20. The van der Waals surface area contributed by atoms with Gasteiger partial charge in [-0.3, -0.25) is 4.79 Å². The molecule has 0 bridgehead atoms. The van der Waals surface area contributed by atoms with E-state index < -0.39 is 0 Å². The van der Waals surface area contributed by atoms with E-state index in [4.69, 9.17) is 5.73 Å². The quantitative estimate of drug-likeness (QED) is 0.586. The number of carbonyl (C=O) groups excluding carboxylic acids is 1. The van der Waals surface area contributed by atoms with Crippen molar-refractivity contribution in [1.82, 2.24) is 0 Å². The molecule has 0 spiro atoms. The highest BCUT2D eigenvalue weighted by Crippen LogP contribution is 2.30. The Hall–Kier alpha value is -1.31. The molecule has 2 heteroatoms. The third-order valence-electron chi connectivity index (χ3n) is 2.93. The van der Waals surface area contributed by atoms with Crippen molar-refractivity contribution in [2.75, 3.05) is 5.73 Å². The fourth-order valence-electron chi connectivity index (χ4n) is 1.75. The number of rotatable bonds is 3. The van der Waals surface area contributed by atoms with E-state index in [0.29, 0.717) is 18.0 Å². The molecule has 0 aliphatic heterocycles. The van der Waals surface area contributed by atoms with Gasteiger partial charge in [-0.25, -0.2) is 0 Å². The number of ketones is 1. The van der Waals surface area contributed by atoms with Crippen LogP contribution >= 0.6 is 0 Å². The summed E-state index contributed by atoms with van der Waals surface area (Å²) in [5.74, 6) is 0.898. The fourth-order valence-corrected chi connectivity index (χ4v) is 1.75. The summed E-state index contributed by atoms with van der Waals surface area (Å²) < 4.78 is 0. The highest BCUT2D eigenvalue weighted by molar-refractivity contribution is 5.96. The SMILES string of the molecule is Nc1ccc(C(=O)CC2CCC2)cc1. The number of Topliss-reactive ketones (excluding diaryl/α,β-unsaturated/α-hetero) is 1. The van der Waals surface area contributed by atoms with E-state index in [9.17, 15) is 4.79 Å². The van der Waals surface area contributed by atoms with Crippen LogP contribution in [0.15, 0.2) is 24.3 Å². The predicted molar refractivity (Wildman–Crippen MR) is 57.1 cm³/mol. The van der Waals surface area contributed by atoms with Gasteiger partial charge in [-0.1, -0.05) is 19.3 Å². The van der Waals surface area contributed by atoms with Gasteiger partial charge in [0.05, 0.1) is 0 Å². The highest BCUT2D eigenvalue weighted by atomic mass is 16.1. The van der Waals surface area contributed by atoms with Gasteiger partial charge in [-0.05, 0) is 30.2 Å². The number of nitrogens with two attached hydrogens (primary N) is 1. The van der Waals surface area contributed by atoms with Gasteiger partial charge in [0, 0.05) is 17.7 Å². The molecule has 0 unspecified atom stereocenters. The molecule has 0 radical (unpaired) electrons. The van der Waals surface area contributed by atoms with Crippen LogP contribution in [0.2, 0.25) is 0 Å². The second kappa shape index (κ2) is 3.82. The monoisotopic (exact) mass is 189 g/mol. The maximum Gasteiger partial charge on any atom is 0.163 e. The lowest BCUT2D eigenvalue weighted by Gasteiger charge is -2.24. The maximum absolute atomic E-state index is 11.7. The van der Waals surface area contributed by atoms with Crippen molar-refractivity contribution in [1.29, 1.82) is 0 Å². The van der Waals surface area contributed by atoms with Crippen LogP contribution in [0.1, 0.15) is 36.0 Å². The predicted octanol–water partition coefficient (Wildman–Crippen LogP) is 2.64. The lowest BCUT2D eigenvalue weighted by atomic mass is 9.81. The van der Waals surface area contributed by atoms with Crippen LogP contribution in [-0.2, 0) is 0 Å². The second-order valence-electron chi connectivity index (χ2n) is 4.05. The van der Waals surface area contributed by atoms with Gasteiger partial charge < -0.3 is 5.73 Å². The topological polar surface area (TPSA) is 43.1 Å². The molecular formula is C12H15NO. The van der Waals surface area contributed by atoms with E-state index in [1.54, 1.807) is 12.1 Å². The van der Waals surface area contributed by atoms with Gasteiger partial charge in [0.25, 0.3) is 0 Å². The normalized spacial score (nSPS) is 16.3. The Morgan fingerprint density at radius 3 is 2.43 bits per heavy atom. The summed E-state index contributed by atoms with van der Waals surface area (Å²) in [7, 11) is 0. The molecule has 74 valence electrons. The fraction of sp³-hybridized carbons (Fsp3) is 0.417. The Labute approximate surface area is 84.1 Å². The first-order valence-electron chi connectivity index (χ1n) is 5.14. The van der Waals surface area contributed by atoms with E-state index >= 15 is 0 Å². The maximum atomic E-state index is 11.7. The Bertz CT molecular complexity index is 325. The molecule has 1 aliphatic carbocycles. The number of anilines is 1. The Kier molecular flexibility index (Phi) is 2.53. The highest BCUT2D eigenvalue weighted by Gasteiger charge is 2.21. The van der Waals surface area contributed by atoms with Crippen LogP contribution in [0.3, 0.4) is 0 Å². The first kappa shape index (κ1) is 9.25. The Morgan fingerprint density at radius 1 is 1.29 bits per heavy atom. The van der Waals surface area contributed by atoms with Crippen LogP contribution in [0, 0.1) is 5.92 Å². The van der Waals surface area contributed by atoms with Crippen molar-refractivity contribution in [3.8, 4) is 0 Å². The van der Waals surface area contributed by atoms with Crippen LogP contribution in [0.4, 0.5) is 5.69 Å². The van der Waals surface area contributed by atoms with E-state index in [1.807, 2.05) is 12.1 Å². The smallest absolute Gasteiger partial charge is 0.163 e. The molecule has 1 aromatic rings. The summed E-state index contributed by atoms with van der Waals surface area (Å²) >= 11 is 0. The van der Waals surface area contributed by atoms with Gasteiger partial charge in [0.2, 0.25) is 0 Å². The minimum Gasteiger partial charge on any atom is -0.399 e. The average molecular weight is 189 g/mol. The zero-order valence-corrected chi connectivity index (χ0v) is 8.20. The molecule has 0 atom stereocenters. The lowest BCUT2D eigenvalue weighted by Crippen LogP contribution is -2.15. The number of nitrogen functional groups attached to an aromatic ring is 1. The van der Waals surface area contributed by atoms with Crippen LogP contribution < -0.4 is 5.73 Å². The average Bonchev–Trinajstić information content (AvgIpc) is 2.12. The largest absolute Gasteiger partial charge is 0.399 e. The summed E-state index contributed by atoms with van der Waals surface area (Å²) in [6.07, 6.45) is 4.45. The van der Waals surface area contributed by atoms with E-state index in [2.05, 4.69) is 0 Å². The van der Waals surface area contributed by atoms with Crippen molar-refractivity contribution in [3.05, 3.63) is 29.8 Å². The molecule has 0 amide bonds. The third-order valence-corrected chi connectivity index (χ3v) is 2.93. The van der Waals surface area contributed by atoms with Crippen LogP contribution in [0.25, 0.3) is 0 Å². The summed E-state index contributed by atoms with van der Waals surface area (Å²) in [6, 6.07) is 7.20. The van der Waals surface area contributed by atoms with Crippen molar-refractivity contribution in [2.24, 2.45) is 5.92 Å². The molecule has 0 heterocycles. The van der Waals surface area contributed by atoms with E-state index in [1.165, 1.54) is 19.3 Å². The van der Waals surface area contributed by atoms with Crippen molar-refractivity contribution in [2.45, 2.75) is 25.7 Å².